The van der Waals surface area contributed by atoms with Gasteiger partial charge in [-0.05, 0) is 54.2 Å². The lowest BCUT2D eigenvalue weighted by molar-refractivity contribution is -0.129. The van der Waals surface area contributed by atoms with E-state index in [4.69, 9.17) is 0 Å². The van der Waals surface area contributed by atoms with E-state index in [1.165, 1.54) is 12.3 Å². The highest BCUT2D eigenvalue weighted by atomic mass is 32.2. The number of hydrogen-bond donors (Lipinski definition) is 2. The number of Topliss-reactive ketones (excluding diaryl/α,β-unsaturated/α-hetero) is 1. The second-order valence-corrected chi connectivity index (χ2v) is 11.7. The summed E-state index contributed by atoms with van der Waals surface area (Å²) in [5, 5.41) is 7.21. The topological polar surface area (TPSA) is 126 Å². The number of ketones is 1. The average Bonchev–Trinajstić information content (AvgIpc) is 3.09. The van der Waals surface area contributed by atoms with E-state index < -0.39 is 33.8 Å². The smallest absolute Gasteiger partial charge is 0.260 e. The molecule has 0 aliphatic carbocycles. The molecule has 2 heterocycles. The highest BCUT2D eigenvalue weighted by molar-refractivity contribution is 7.89. The minimum Gasteiger partial charge on any atom is -0.344 e. The van der Waals surface area contributed by atoms with Gasteiger partial charge in [0.15, 0.2) is 10.8 Å². The van der Waals surface area contributed by atoms with E-state index in [9.17, 15) is 22.8 Å². The Morgan fingerprint density at radius 3 is 2.53 bits per heavy atom. The zero-order valence-corrected chi connectivity index (χ0v) is 22.3. The highest BCUT2D eigenvalue weighted by Gasteiger charge is 2.35. The zero-order valence-electron chi connectivity index (χ0n) is 21.5. The molecule has 1 fully saturated rings. The molecule has 1 aromatic heterocycles. The number of rotatable bonds is 8. The fraction of sp³-hybridized carbons (Fsp3) is 0.357. The number of fused-ring (bicyclic) bond motifs is 1. The van der Waals surface area contributed by atoms with E-state index >= 15 is 0 Å². The normalized spacial score (nSPS) is 17.7. The van der Waals surface area contributed by atoms with Crippen LogP contribution in [0, 0.1) is 5.92 Å². The maximum Gasteiger partial charge on any atom is 0.260 e. The van der Waals surface area contributed by atoms with Crippen molar-refractivity contribution in [3.05, 3.63) is 72.4 Å². The maximum atomic E-state index is 13.3. The Kier molecular flexibility index (Phi) is 8.53. The fourth-order valence-corrected chi connectivity index (χ4v) is 6.00. The number of sulfonamides is 1. The first kappa shape index (κ1) is 27.4. The number of pyridine rings is 1. The third-order valence-electron chi connectivity index (χ3n) is 6.54. The molecule has 2 aromatic carbocycles. The Morgan fingerprint density at radius 1 is 1.05 bits per heavy atom. The largest absolute Gasteiger partial charge is 0.344 e. The van der Waals surface area contributed by atoms with Crippen molar-refractivity contribution in [3.8, 4) is 0 Å². The van der Waals surface area contributed by atoms with Crippen LogP contribution < -0.4 is 10.6 Å². The summed E-state index contributed by atoms with van der Waals surface area (Å²) in [5.41, 5.74) is 0.463. The van der Waals surface area contributed by atoms with Gasteiger partial charge in [0.25, 0.3) is 15.9 Å². The van der Waals surface area contributed by atoms with Crippen LogP contribution in [0.25, 0.3) is 10.8 Å². The molecular weight excluding hydrogens is 504 g/mol. The molecule has 0 spiro atoms. The molecule has 1 aliphatic heterocycles. The summed E-state index contributed by atoms with van der Waals surface area (Å²) in [6, 6.07) is 15.8. The Morgan fingerprint density at radius 2 is 1.79 bits per heavy atom. The van der Waals surface area contributed by atoms with E-state index in [-0.39, 0.29) is 29.9 Å². The Hall–Kier alpha value is -3.63. The van der Waals surface area contributed by atoms with Crippen molar-refractivity contribution in [1.29, 1.82) is 0 Å². The molecule has 0 saturated carbocycles. The molecule has 2 N–H and O–H groups in total. The van der Waals surface area contributed by atoms with Crippen LogP contribution in [-0.2, 0) is 19.6 Å². The second-order valence-electron chi connectivity index (χ2n) is 9.86. The highest BCUT2D eigenvalue weighted by Crippen LogP contribution is 2.20. The van der Waals surface area contributed by atoms with Crippen LogP contribution in [0.5, 0.6) is 0 Å². The fourth-order valence-electron chi connectivity index (χ4n) is 4.62. The number of hydrogen-bond acceptors (Lipinski definition) is 6. The van der Waals surface area contributed by atoms with Crippen molar-refractivity contribution < 1.29 is 22.8 Å². The minimum atomic E-state index is -3.94. The number of nitrogens with zero attached hydrogens (tertiary/aromatic N) is 2. The summed E-state index contributed by atoms with van der Waals surface area (Å²) in [6.45, 7) is 3.67. The molecule has 2 amide bonds. The lowest BCUT2D eigenvalue weighted by Gasteiger charge is -2.24. The molecule has 38 heavy (non-hydrogen) atoms. The van der Waals surface area contributed by atoms with Gasteiger partial charge in [-0.1, -0.05) is 56.3 Å². The zero-order chi connectivity index (χ0) is 27.3. The Balaban J connectivity index is 1.47. The molecule has 200 valence electrons. The van der Waals surface area contributed by atoms with Gasteiger partial charge >= 0.3 is 0 Å². The third kappa shape index (κ3) is 6.25. The summed E-state index contributed by atoms with van der Waals surface area (Å²) < 4.78 is 27.0. The molecule has 10 heteroatoms. The van der Waals surface area contributed by atoms with Crippen molar-refractivity contribution in [2.24, 2.45) is 5.92 Å². The third-order valence-corrected chi connectivity index (χ3v) is 8.30. The van der Waals surface area contributed by atoms with E-state index in [1.54, 1.807) is 24.3 Å². The molecule has 0 bridgehead atoms. The predicted molar refractivity (Wildman–Crippen MR) is 144 cm³/mol. The molecule has 1 aliphatic rings. The minimum absolute atomic E-state index is 0.0995. The van der Waals surface area contributed by atoms with Gasteiger partial charge in [-0.25, -0.2) is 13.4 Å². The molecule has 2 atom stereocenters. The van der Waals surface area contributed by atoms with Crippen LogP contribution in [0.2, 0.25) is 0 Å². The number of aromatic nitrogens is 1. The molecule has 1 saturated heterocycles. The Bertz CT molecular complexity index is 1420. The van der Waals surface area contributed by atoms with Crippen LogP contribution in [0.15, 0.2) is 71.9 Å². The van der Waals surface area contributed by atoms with E-state index in [0.717, 1.165) is 15.1 Å². The van der Waals surface area contributed by atoms with E-state index in [1.807, 2.05) is 44.2 Å². The van der Waals surface area contributed by atoms with Gasteiger partial charge in [0.2, 0.25) is 5.91 Å². The van der Waals surface area contributed by atoms with Crippen molar-refractivity contribution in [1.82, 2.24) is 19.9 Å². The van der Waals surface area contributed by atoms with Gasteiger partial charge in [-0.3, -0.25) is 14.4 Å². The summed E-state index contributed by atoms with van der Waals surface area (Å²) in [6.07, 6.45) is 2.45. The van der Waals surface area contributed by atoms with Gasteiger partial charge in [0, 0.05) is 18.3 Å². The van der Waals surface area contributed by atoms with Crippen LogP contribution in [0.1, 0.15) is 43.5 Å². The van der Waals surface area contributed by atoms with E-state index in [0.29, 0.717) is 24.8 Å². The van der Waals surface area contributed by atoms with Crippen molar-refractivity contribution in [2.45, 2.75) is 50.2 Å². The predicted octanol–water partition coefficient (Wildman–Crippen LogP) is 2.92. The molecule has 4 rings (SSSR count). The second kappa shape index (κ2) is 11.8. The van der Waals surface area contributed by atoms with E-state index in [2.05, 4.69) is 15.6 Å². The van der Waals surface area contributed by atoms with Crippen molar-refractivity contribution >= 4 is 38.4 Å². The van der Waals surface area contributed by atoms with Gasteiger partial charge in [0.05, 0.1) is 12.6 Å². The first-order valence-corrected chi connectivity index (χ1v) is 14.1. The van der Waals surface area contributed by atoms with Gasteiger partial charge < -0.3 is 10.6 Å². The molecule has 1 unspecified atom stereocenters. The first-order chi connectivity index (χ1) is 18.2. The number of carbonyl (C=O) groups is 3. The maximum absolute atomic E-state index is 13.3. The van der Waals surface area contributed by atoms with Gasteiger partial charge in [0.1, 0.15) is 6.04 Å². The quantitative estimate of drug-likeness (QED) is 0.456. The molecule has 0 radical (unpaired) electrons. The van der Waals surface area contributed by atoms with Gasteiger partial charge in [-0.15, -0.1) is 0 Å². The SMILES string of the molecule is CC(C)CC(NC(=O)c1cccc2ccccc12)C(=O)N[C@H]1CCCN(S(=O)(=O)c2ccccn2)CC1=O. The number of nitrogens with one attached hydrogen (secondary N) is 2. The Labute approximate surface area is 222 Å². The summed E-state index contributed by atoms with van der Waals surface area (Å²) >= 11 is 0. The van der Waals surface area contributed by atoms with Crippen molar-refractivity contribution in [2.75, 3.05) is 13.1 Å². The molecule has 9 nitrogen and oxygen atoms in total. The molecule has 3 aromatic rings. The first-order valence-electron chi connectivity index (χ1n) is 12.7. The van der Waals surface area contributed by atoms with Crippen molar-refractivity contribution in [3.63, 3.8) is 0 Å². The lowest BCUT2D eigenvalue weighted by atomic mass is 10.00. The number of amides is 2. The number of benzene rings is 2. The van der Waals surface area contributed by atoms with Gasteiger partial charge in [-0.2, -0.15) is 4.31 Å². The number of carbonyl (C=O) groups excluding carboxylic acids is 3. The lowest BCUT2D eigenvalue weighted by Crippen LogP contribution is -2.52. The monoisotopic (exact) mass is 536 g/mol. The van der Waals surface area contributed by atoms with Crippen LogP contribution in [0.3, 0.4) is 0 Å². The summed E-state index contributed by atoms with van der Waals surface area (Å²) in [5.74, 6) is -1.14. The van der Waals surface area contributed by atoms with Crippen LogP contribution in [-0.4, -0.2) is 60.5 Å². The average molecular weight is 537 g/mol. The van der Waals surface area contributed by atoms with Crippen LogP contribution >= 0.6 is 0 Å². The summed E-state index contributed by atoms with van der Waals surface area (Å²) in [4.78, 5) is 43.5. The molecular formula is C28H32N4O5S. The summed E-state index contributed by atoms with van der Waals surface area (Å²) in [7, 11) is -3.94. The van der Waals surface area contributed by atoms with Crippen LogP contribution in [0.4, 0.5) is 0 Å². The standard InChI is InChI=1S/C28H32N4O5S/c1-19(2)17-24(31-27(34)22-12-7-10-20-9-3-4-11-21(20)22)28(35)30-23-13-8-16-32(18-25(23)33)38(36,37)26-14-5-6-15-29-26/h3-7,9-12,14-15,19,23-24H,8,13,16-18H2,1-2H3,(H,30,35)(H,31,34)/t23-,24?/m0/s1.